The Morgan fingerprint density at radius 2 is 2.09 bits per heavy atom. The zero-order valence-electron chi connectivity index (χ0n) is 6.40. The topological polar surface area (TPSA) is 42.2 Å². The summed E-state index contributed by atoms with van der Waals surface area (Å²) >= 11 is 0. The van der Waals surface area contributed by atoms with Gasteiger partial charge in [0.05, 0.1) is 0 Å². The van der Waals surface area contributed by atoms with E-state index >= 15 is 0 Å². The normalized spacial score (nSPS) is 12.8. The standard InChI is InChI=1S/C8H11NO2/c1-2-7(8(10)11)9-5-3-4-6-9/h3-7H,2H2,1H3,(H,10,11). The molecule has 1 unspecified atom stereocenters. The second-order valence-corrected chi connectivity index (χ2v) is 2.39. The van der Waals surface area contributed by atoms with Gasteiger partial charge in [-0.2, -0.15) is 0 Å². The van der Waals surface area contributed by atoms with Crippen LogP contribution in [0.2, 0.25) is 0 Å². The van der Waals surface area contributed by atoms with Crippen molar-refractivity contribution in [2.24, 2.45) is 0 Å². The van der Waals surface area contributed by atoms with E-state index in [-0.39, 0.29) is 0 Å². The zero-order valence-corrected chi connectivity index (χ0v) is 6.40. The molecule has 0 saturated carbocycles. The van der Waals surface area contributed by atoms with Crippen molar-refractivity contribution in [1.82, 2.24) is 4.57 Å². The summed E-state index contributed by atoms with van der Waals surface area (Å²) in [5, 5.41) is 8.72. The maximum absolute atomic E-state index is 10.6. The molecule has 1 heterocycles. The first-order valence-electron chi connectivity index (χ1n) is 3.61. The first kappa shape index (κ1) is 7.85. The van der Waals surface area contributed by atoms with E-state index in [9.17, 15) is 4.79 Å². The molecule has 11 heavy (non-hydrogen) atoms. The van der Waals surface area contributed by atoms with Gasteiger partial charge in [-0.05, 0) is 18.6 Å². The van der Waals surface area contributed by atoms with Gasteiger partial charge in [-0.15, -0.1) is 0 Å². The SMILES string of the molecule is CCC(C(=O)O)n1cccc1. The molecule has 3 nitrogen and oxygen atoms in total. The Labute approximate surface area is 65.3 Å². The Kier molecular flexibility index (Phi) is 2.31. The van der Waals surface area contributed by atoms with Crippen LogP contribution in [0.1, 0.15) is 19.4 Å². The van der Waals surface area contributed by atoms with Crippen LogP contribution in [0.4, 0.5) is 0 Å². The molecular formula is C8H11NO2. The Balaban J connectivity index is 2.79. The van der Waals surface area contributed by atoms with Gasteiger partial charge < -0.3 is 9.67 Å². The van der Waals surface area contributed by atoms with Crippen molar-refractivity contribution in [2.75, 3.05) is 0 Å². The molecule has 3 heteroatoms. The predicted octanol–water partition coefficient (Wildman–Crippen LogP) is 1.52. The fraction of sp³-hybridized carbons (Fsp3) is 0.375. The molecule has 1 atom stereocenters. The van der Waals surface area contributed by atoms with E-state index in [0.29, 0.717) is 6.42 Å². The van der Waals surface area contributed by atoms with Gasteiger partial charge in [0.1, 0.15) is 6.04 Å². The van der Waals surface area contributed by atoms with Gasteiger partial charge >= 0.3 is 5.97 Å². The Bertz CT molecular complexity index is 228. The highest BCUT2D eigenvalue weighted by molar-refractivity contribution is 5.71. The number of carboxylic acid groups (broad SMARTS) is 1. The van der Waals surface area contributed by atoms with E-state index in [1.165, 1.54) is 0 Å². The van der Waals surface area contributed by atoms with Crippen molar-refractivity contribution in [1.29, 1.82) is 0 Å². The number of aromatic nitrogens is 1. The molecule has 0 aromatic carbocycles. The summed E-state index contributed by atoms with van der Waals surface area (Å²) in [5.41, 5.74) is 0. The smallest absolute Gasteiger partial charge is 0.326 e. The molecule has 1 rings (SSSR count). The van der Waals surface area contributed by atoms with E-state index < -0.39 is 12.0 Å². The lowest BCUT2D eigenvalue weighted by Gasteiger charge is -2.10. The Morgan fingerprint density at radius 1 is 1.55 bits per heavy atom. The van der Waals surface area contributed by atoms with Crippen LogP contribution in [-0.4, -0.2) is 15.6 Å². The molecule has 60 valence electrons. The Morgan fingerprint density at radius 3 is 2.45 bits per heavy atom. The second kappa shape index (κ2) is 3.23. The molecule has 0 aliphatic carbocycles. The van der Waals surface area contributed by atoms with Crippen molar-refractivity contribution < 1.29 is 9.90 Å². The first-order valence-corrected chi connectivity index (χ1v) is 3.61. The number of nitrogens with zero attached hydrogens (tertiary/aromatic N) is 1. The summed E-state index contributed by atoms with van der Waals surface area (Å²) in [4.78, 5) is 10.6. The van der Waals surface area contributed by atoms with Crippen molar-refractivity contribution in [3.05, 3.63) is 24.5 Å². The minimum absolute atomic E-state index is 0.412. The molecule has 0 amide bonds. The lowest BCUT2D eigenvalue weighted by molar-refractivity contribution is -0.141. The fourth-order valence-corrected chi connectivity index (χ4v) is 1.07. The average molecular weight is 153 g/mol. The van der Waals surface area contributed by atoms with Crippen LogP contribution in [0.25, 0.3) is 0 Å². The third-order valence-corrected chi connectivity index (χ3v) is 1.66. The maximum atomic E-state index is 10.6. The number of hydrogen-bond acceptors (Lipinski definition) is 1. The van der Waals surface area contributed by atoms with Crippen molar-refractivity contribution >= 4 is 5.97 Å². The van der Waals surface area contributed by atoms with E-state index in [1.807, 2.05) is 19.1 Å². The summed E-state index contributed by atoms with van der Waals surface area (Å²) in [7, 11) is 0. The number of rotatable bonds is 3. The Hall–Kier alpha value is -1.25. The number of carbonyl (C=O) groups is 1. The monoisotopic (exact) mass is 153 g/mol. The first-order chi connectivity index (χ1) is 5.25. The van der Waals surface area contributed by atoms with E-state index in [4.69, 9.17) is 5.11 Å². The number of hydrogen-bond donors (Lipinski definition) is 1. The van der Waals surface area contributed by atoms with E-state index in [2.05, 4.69) is 0 Å². The summed E-state index contributed by atoms with van der Waals surface area (Å²) in [6, 6.07) is 3.24. The molecule has 1 N–H and O–H groups in total. The van der Waals surface area contributed by atoms with Crippen LogP contribution < -0.4 is 0 Å². The van der Waals surface area contributed by atoms with Gasteiger partial charge in [0, 0.05) is 12.4 Å². The largest absolute Gasteiger partial charge is 0.480 e. The fourth-order valence-electron chi connectivity index (χ4n) is 1.07. The van der Waals surface area contributed by atoms with Crippen molar-refractivity contribution in [2.45, 2.75) is 19.4 Å². The minimum Gasteiger partial charge on any atom is -0.480 e. The molecule has 0 saturated heterocycles. The van der Waals surface area contributed by atoms with Gasteiger partial charge in [0.2, 0.25) is 0 Å². The van der Waals surface area contributed by atoms with Gasteiger partial charge in [-0.3, -0.25) is 0 Å². The van der Waals surface area contributed by atoms with Gasteiger partial charge in [-0.1, -0.05) is 6.92 Å². The molecule has 0 spiro atoms. The van der Waals surface area contributed by atoms with E-state index in [1.54, 1.807) is 17.0 Å². The summed E-state index contributed by atoms with van der Waals surface area (Å²) < 4.78 is 1.70. The van der Waals surface area contributed by atoms with E-state index in [0.717, 1.165) is 0 Å². The molecule has 0 bridgehead atoms. The molecule has 1 aromatic heterocycles. The van der Waals surface area contributed by atoms with Crippen LogP contribution >= 0.6 is 0 Å². The second-order valence-electron chi connectivity index (χ2n) is 2.39. The highest BCUT2D eigenvalue weighted by atomic mass is 16.4. The summed E-state index contributed by atoms with van der Waals surface area (Å²) in [5.74, 6) is -0.774. The minimum atomic E-state index is -0.774. The predicted molar refractivity (Wildman–Crippen MR) is 41.4 cm³/mol. The van der Waals surface area contributed by atoms with Crippen LogP contribution in [-0.2, 0) is 4.79 Å². The van der Waals surface area contributed by atoms with Gasteiger partial charge in [-0.25, -0.2) is 4.79 Å². The highest BCUT2D eigenvalue weighted by Gasteiger charge is 2.14. The van der Waals surface area contributed by atoms with Crippen LogP contribution in [0.5, 0.6) is 0 Å². The average Bonchev–Trinajstić information content (AvgIpc) is 2.40. The van der Waals surface area contributed by atoms with Crippen LogP contribution in [0.3, 0.4) is 0 Å². The quantitative estimate of drug-likeness (QED) is 0.715. The van der Waals surface area contributed by atoms with Crippen LogP contribution in [0, 0.1) is 0 Å². The molecular weight excluding hydrogens is 142 g/mol. The molecule has 0 aliphatic rings. The van der Waals surface area contributed by atoms with Gasteiger partial charge in [0.25, 0.3) is 0 Å². The molecule has 1 aromatic rings. The van der Waals surface area contributed by atoms with Crippen LogP contribution in [0.15, 0.2) is 24.5 Å². The van der Waals surface area contributed by atoms with Crippen molar-refractivity contribution in [3.63, 3.8) is 0 Å². The number of aliphatic carboxylic acids is 1. The third kappa shape index (κ3) is 1.61. The molecule has 0 radical (unpaired) electrons. The summed E-state index contributed by atoms with van der Waals surface area (Å²) in [6.07, 6.45) is 4.15. The number of carboxylic acids is 1. The molecule has 0 aliphatic heterocycles. The lowest BCUT2D eigenvalue weighted by atomic mass is 10.2. The molecule has 0 fully saturated rings. The maximum Gasteiger partial charge on any atom is 0.326 e. The summed E-state index contributed by atoms with van der Waals surface area (Å²) in [6.45, 7) is 1.86. The van der Waals surface area contributed by atoms with Gasteiger partial charge in [0.15, 0.2) is 0 Å². The zero-order chi connectivity index (χ0) is 8.27. The highest BCUT2D eigenvalue weighted by Crippen LogP contribution is 2.10. The lowest BCUT2D eigenvalue weighted by Crippen LogP contribution is -2.16. The van der Waals surface area contributed by atoms with Crippen molar-refractivity contribution in [3.8, 4) is 0 Å². The third-order valence-electron chi connectivity index (χ3n) is 1.66.